The molecule has 0 radical (unpaired) electrons. The van der Waals surface area contributed by atoms with Gasteiger partial charge in [0.2, 0.25) is 0 Å². The Morgan fingerprint density at radius 1 is 1.13 bits per heavy atom. The highest BCUT2D eigenvalue weighted by Crippen LogP contribution is 2.20. The Kier molecular flexibility index (Phi) is 6.26. The largest absolute Gasteiger partial charge is 0.454 e. The number of carbonyl (C=O) groups is 2. The Morgan fingerprint density at radius 3 is 2.61 bits per heavy atom. The van der Waals surface area contributed by atoms with E-state index in [1.165, 1.54) is 0 Å². The van der Waals surface area contributed by atoms with Gasteiger partial charge in [-0.25, -0.2) is 0 Å². The summed E-state index contributed by atoms with van der Waals surface area (Å²) in [6.07, 6.45) is 4.95. The first-order valence-electron chi connectivity index (χ1n) is 10.9. The molecule has 2 amide bonds. The average Bonchev–Trinajstić information content (AvgIpc) is 3.27. The molecule has 0 atom stereocenters. The van der Waals surface area contributed by atoms with Gasteiger partial charge in [-0.05, 0) is 62.6 Å². The second-order valence-electron chi connectivity index (χ2n) is 8.23. The second-order valence-corrected chi connectivity index (χ2v) is 8.23. The van der Waals surface area contributed by atoms with Crippen LogP contribution in [0.4, 0.5) is 0 Å². The number of aromatic nitrogens is 1. The SMILES string of the molecule is CCCN(Cc1cccn1Cc1ccc(C(=O)NC2CC2)o1)C(=O)c1ccc(C)cc1. The van der Waals surface area contributed by atoms with E-state index in [0.717, 1.165) is 30.5 Å². The quantitative estimate of drug-likeness (QED) is 0.560. The predicted molar refractivity (Wildman–Crippen MR) is 119 cm³/mol. The summed E-state index contributed by atoms with van der Waals surface area (Å²) in [4.78, 5) is 27.1. The van der Waals surface area contributed by atoms with Crippen LogP contribution in [0.3, 0.4) is 0 Å². The Bertz CT molecular complexity index is 1040. The lowest BCUT2D eigenvalue weighted by atomic mass is 10.1. The van der Waals surface area contributed by atoms with Crippen molar-refractivity contribution in [2.75, 3.05) is 6.54 Å². The zero-order chi connectivity index (χ0) is 21.8. The lowest BCUT2D eigenvalue weighted by Crippen LogP contribution is -2.32. The van der Waals surface area contributed by atoms with Gasteiger partial charge in [-0.1, -0.05) is 24.6 Å². The third-order valence-electron chi connectivity index (χ3n) is 5.48. The van der Waals surface area contributed by atoms with Crippen molar-refractivity contribution in [3.05, 3.63) is 83.1 Å². The lowest BCUT2D eigenvalue weighted by molar-refractivity contribution is 0.0739. The van der Waals surface area contributed by atoms with E-state index in [9.17, 15) is 9.59 Å². The highest BCUT2D eigenvalue weighted by molar-refractivity contribution is 5.94. The van der Waals surface area contributed by atoms with E-state index >= 15 is 0 Å². The van der Waals surface area contributed by atoms with Gasteiger partial charge in [0.25, 0.3) is 11.8 Å². The molecule has 1 saturated carbocycles. The van der Waals surface area contributed by atoms with Crippen molar-refractivity contribution in [1.29, 1.82) is 0 Å². The van der Waals surface area contributed by atoms with Crippen LogP contribution in [0, 0.1) is 6.92 Å². The van der Waals surface area contributed by atoms with Gasteiger partial charge in [0.1, 0.15) is 5.76 Å². The maximum absolute atomic E-state index is 13.1. The van der Waals surface area contributed by atoms with Gasteiger partial charge >= 0.3 is 0 Å². The molecule has 0 saturated heterocycles. The van der Waals surface area contributed by atoms with E-state index < -0.39 is 0 Å². The molecule has 1 N–H and O–H groups in total. The van der Waals surface area contributed by atoms with Gasteiger partial charge in [-0.15, -0.1) is 0 Å². The normalized spacial score (nSPS) is 13.2. The van der Waals surface area contributed by atoms with Crippen LogP contribution in [0.1, 0.15) is 64.1 Å². The number of hydrogen-bond donors (Lipinski definition) is 1. The fourth-order valence-corrected chi connectivity index (χ4v) is 3.58. The van der Waals surface area contributed by atoms with Crippen LogP contribution in [0.15, 0.2) is 59.1 Å². The highest BCUT2D eigenvalue weighted by Gasteiger charge is 2.25. The Morgan fingerprint density at radius 2 is 1.90 bits per heavy atom. The number of nitrogens with one attached hydrogen (secondary N) is 1. The molecule has 4 rings (SSSR count). The maximum atomic E-state index is 13.1. The summed E-state index contributed by atoms with van der Waals surface area (Å²) in [6, 6.07) is 15.6. The van der Waals surface area contributed by atoms with Gasteiger partial charge in [0, 0.05) is 30.0 Å². The first-order valence-corrected chi connectivity index (χ1v) is 10.9. The number of nitrogens with zero attached hydrogens (tertiary/aromatic N) is 2. The Balaban J connectivity index is 1.45. The van der Waals surface area contributed by atoms with Crippen molar-refractivity contribution < 1.29 is 14.0 Å². The minimum absolute atomic E-state index is 0.0339. The number of hydrogen-bond acceptors (Lipinski definition) is 3. The minimum atomic E-state index is -0.153. The fourth-order valence-electron chi connectivity index (χ4n) is 3.58. The average molecular weight is 420 g/mol. The van der Waals surface area contributed by atoms with Gasteiger partial charge in [0.15, 0.2) is 5.76 Å². The zero-order valence-electron chi connectivity index (χ0n) is 18.1. The van der Waals surface area contributed by atoms with Crippen LogP contribution in [0.2, 0.25) is 0 Å². The van der Waals surface area contributed by atoms with Crippen LogP contribution < -0.4 is 5.32 Å². The van der Waals surface area contributed by atoms with Crippen molar-refractivity contribution in [3.63, 3.8) is 0 Å². The van der Waals surface area contributed by atoms with E-state index in [0.29, 0.717) is 42.8 Å². The summed E-state index contributed by atoms with van der Waals surface area (Å²) in [5.74, 6) is 0.939. The molecule has 6 nitrogen and oxygen atoms in total. The molecule has 0 unspecified atom stereocenters. The van der Waals surface area contributed by atoms with Crippen LogP contribution >= 0.6 is 0 Å². The van der Waals surface area contributed by atoms with Gasteiger partial charge < -0.3 is 19.2 Å². The van der Waals surface area contributed by atoms with Crippen molar-refractivity contribution >= 4 is 11.8 Å². The highest BCUT2D eigenvalue weighted by atomic mass is 16.4. The number of rotatable bonds is 9. The van der Waals surface area contributed by atoms with Gasteiger partial charge in [0.05, 0.1) is 13.1 Å². The Labute approximate surface area is 182 Å². The number of furan rings is 1. The number of amides is 2. The first-order chi connectivity index (χ1) is 15.0. The van der Waals surface area contributed by atoms with Crippen molar-refractivity contribution in [3.8, 4) is 0 Å². The molecule has 0 spiro atoms. The van der Waals surface area contributed by atoms with Crippen molar-refractivity contribution in [2.24, 2.45) is 0 Å². The molecular formula is C25H29N3O3. The smallest absolute Gasteiger partial charge is 0.287 e. The third kappa shape index (κ3) is 5.26. The van der Waals surface area contributed by atoms with Crippen LogP contribution in [0.25, 0.3) is 0 Å². The molecule has 31 heavy (non-hydrogen) atoms. The third-order valence-corrected chi connectivity index (χ3v) is 5.48. The minimum Gasteiger partial charge on any atom is -0.454 e. The van der Waals surface area contributed by atoms with Gasteiger partial charge in [-0.2, -0.15) is 0 Å². The molecule has 2 aromatic heterocycles. The molecule has 6 heteroatoms. The van der Waals surface area contributed by atoms with E-state index in [-0.39, 0.29) is 11.8 Å². The standard InChI is InChI=1S/C25H29N3O3/c1-3-14-28(25(30)19-8-6-18(2)7-9-19)16-21-5-4-15-27(21)17-22-12-13-23(31-22)24(29)26-20-10-11-20/h4-9,12-13,15,20H,3,10-11,14,16-17H2,1-2H3,(H,26,29). The summed E-state index contributed by atoms with van der Waals surface area (Å²) >= 11 is 0. The van der Waals surface area contributed by atoms with Crippen LogP contribution in [-0.4, -0.2) is 33.9 Å². The maximum Gasteiger partial charge on any atom is 0.287 e. The number of benzene rings is 1. The molecule has 2 heterocycles. The summed E-state index contributed by atoms with van der Waals surface area (Å²) in [5.41, 5.74) is 2.86. The topological polar surface area (TPSA) is 67.5 Å². The van der Waals surface area contributed by atoms with Crippen molar-refractivity contribution in [1.82, 2.24) is 14.8 Å². The molecule has 1 fully saturated rings. The molecule has 3 aromatic rings. The predicted octanol–water partition coefficient (Wildman–Crippen LogP) is 4.38. The lowest BCUT2D eigenvalue weighted by Gasteiger charge is -2.23. The van der Waals surface area contributed by atoms with E-state index in [1.807, 2.05) is 60.5 Å². The second kappa shape index (κ2) is 9.25. The summed E-state index contributed by atoms with van der Waals surface area (Å²) in [5, 5.41) is 2.94. The van der Waals surface area contributed by atoms with Crippen molar-refractivity contribution in [2.45, 2.75) is 52.2 Å². The first kappa shape index (κ1) is 21.0. The summed E-state index contributed by atoms with van der Waals surface area (Å²) < 4.78 is 7.83. The van der Waals surface area contributed by atoms with Crippen LogP contribution in [0.5, 0.6) is 0 Å². The molecule has 1 aliphatic carbocycles. The number of carbonyl (C=O) groups excluding carboxylic acids is 2. The van der Waals surface area contributed by atoms with E-state index in [2.05, 4.69) is 16.8 Å². The van der Waals surface area contributed by atoms with E-state index in [1.54, 1.807) is 6.07 Å². The fraction of sp³-hybridized carbons (Fsp3) is 0.360. The summed E-state index contributed by atoms with van der Waals surface area (Å²) in [7, 11) is 0. The zero-order valence-corrected chi connectivity index (χ0v) is 18.1. The molecule has 162 valence electrons. The van der Waals surface area contributed by atoms with Crippen LogP contribution in [-0.2, 0) is 13.1 Å². The monoisotopic (exact) mass is 419 g/mol. The summed E-state index contributed by atoms with van der Waals surface area (Å²) in [6.45, 7) is 5.80. The molecular weight excluding hydrogens is 390 g/mol. The molecule has 0 aliphatic heterocycles. The number of aryl methyl sites for hydroxylation is 1. The molecule has 1 aromatic carbocycles. The van der Waals surface area contributed by atoms with E-state index in [4.69, 9.17) is 4.42 Å². The molecule has 0 bridgehead atoms. The Hall–Kier alpha value is -3.28. The van der Waals surface area contributed by atoms with Gasteiger partial charge in [-0.3, -0.25) is 9.59 Å². The molecule has 1 aliphatic rings.